The van der Waals surface area contributed by atoms with Crippen molar-refractivity contribution in [3.8, 4) is 113 Å². The van der Waals surface area contributed by atoms with Crippen molar-refractivity contribution in [3.63, 3.8) is 0 Å². The third-order valence-electron chi connectivity index (χ3n) is 12.4. The molecular formula is C61H40N6O2. The van der Waals surface area contributed by atoms with Crippen LogP contribution in [0.4, 0.5) is 0 Å². The lowest BCUT2D eigenvalue weighted by Gasteiger charge is -2.18. The molecular weight excluding hydrogens is 849 g/mol. The van der Waals surface area contributed by atoms with Crippen molar-refractivity contribution in [2.45, 2.75) is 6.92 Å². The molecule has 0 atom stereocenters. The molecule has 0 spiro atoms. The highest BCUT2D eigenvalue weighted by Gasteiger charge is 2.21. The van der Waals surface area contributed by atoms with Gasteiger partial charge in [-0.05, 0) is 100 Å². The van der Waals surface area contributed by atoms with Crippen LogP contribution < -0.4 is 0 Å². The van der Waals surface area contributed by atoms with E-state index < -0.39 is 0 Å². The Bertz CT molecular complexity index is 3730. The molecule has 0 amide bonds. The third-order valence-corrected chi connectivity index (χ3v) is 12.4. The number of hydrogen-bond acceptors (Lipinski definition) is 8. The Hall–Kier alpha value is -9.40. The van der Waals surface area contributed by atoms with Crippen molar-refractivity contribution < 1.29 is 8.83 Å². The summed E-state index contributed by atoms with van der Waals surface area (Å²) >= 11 is 0. The van der Waals surface area contributed by atoms with Gasteiger partial charge in [0.2, 0.25) is 23.6 Å². The highest BCUT2D eigenvalue weighted by atomic mass is 16.4. The molecule has 12 aromatic rings. The Kier molecular flexibility index (Phi) is 10.6. The second-order valence-corrected chi connectivity index (χ2v) is 16.8. The number of hydrogen-bond donors (Lipinski definition) is 0. The van der Waals surface area contributed by atoms with Crippen LogP contribution in [0.5, 0.6) is 0 Å². The predicted molar refractivity (Wildman–Crippen MR) is 274 cm³/mol. The Morgan fingerprint density at radius 3 is 0.942 bits per heavy atom. The summed E-state index contributed by atoms with van der Waals surface area (Å²) in [6.45, 7) is 2.17. The third kappa shape index (κ3) is 8.06. The van der Waals surface area contributed by atoms with Gasteiger partial charge in [-0.2, -0.15) is 0 Å². The summed E-state index contributed by atoms with van der Waals surface area (Å²) in [7, 11) is 0. The highest BCUT2D eigenvalue weighted by molar-refractivity contribution is 6.04. The largest absolute Gasteiger partial charge is 0.416 e. The standard InChI is InChI=1S/C61H40N6O2/c1-39-38-52(44-14-6-2-7-15-44)56-57(53(39)45-16-8-3-9-17-45)63-55(47-32-24-41(25-33-47)43-28-36-51(37-29-43)61-67-65-59(69-61)49-20-12-5-13-21-49)54(62-56)46-30-22-40(23-31-46)42-26-34-50(35-27-42)60-66-64-58(68-60)48-18-10-4-11-19-48/h2-38H,1H3. The Balaban J connectivity index is 0.925. The lowest BCUT2D eigenvalue weighted by atomic mass is 9.92. The van der Waals surface area contributed by atoms with Gasteiger partial charge in [-0.25, -0.2) is 9.97 Å². The summed E-state index contributed by atoms with van der Waals surface area (Å²) in [5.74, 6) is 1.93. The van der Waals surface area contributed by atoms with Crippen LogP contribution in [-0.2, 0) is 0 Å². The Morgan fingerprint density at radius 2 is 0.565 bits per heavy atom. The fourth-order valence-corrected chi connectivity index (χ4v) is 8.88. The van der Waals surface area contributed by atoms with E-state index in [0.29, 0.717) is 23.6 Å². The Morgan fingerprint density at radius 1 is 0.275 bits per heavy atom. The van der Waals surface area contributed by atoms with E-state index in [2.05, 4.69) is 155 Å². The van der Waals surface area contributed by atoms with E-state index in [-0.39, 0.29) is 0 Å². The van der Waals surface area contributed by atoms with Gasteiger partial charge in [0.1, 0.15) is 0 Å². The molecule has 326 valence electrons. The van der Waals surface area contributed by atoms with Crippen LogP contribution >= 0.6 is 0 Å². The van der Waals surface area contributed by atoms with E-state index in [1.165, 1.54) is 0 Å². The lowest BCUT2D eigenvalue weighted by molar-refractivity contribution is 0.584. The topological polar surface area (TPSA) is 104 Å². The first-order chi connectivity index (χ1) is 34.1. The van der Waals surface area contributed by atoms with Gasteiger partial charge in [-0.1, -0.05) is 170 Å². The van der Waals surface area contributed by atoms with Gasteiger partial charge in [-0.3, -0.25) is 0 Å². The molecule has 0 saturated heterocycles. The number of nitrogens with zero attached hydrogens (tertiary/aromatic N) is 6. The molecule has 0 saturated carbocycles. The maximum atomic E-state index is 6.04. The van der Waals surface area contributed by atoms with Gasteiger partial charge in [0.25, 0.3) is 0 Å². The summed E-state index contributed by atoms with van der Waals surface area (Å²) in [4.78, 5) is 11.3. The number of rotatable bonds is 10. The van der Waals surface area contributed by atoms with Crippen molar-refractivity contribution >= 4 is 11.0 Å². The molecule has 0 bridgehead atoms. The number of aromatic nitrogens is 6. The highest BCUT2D eigenvalue weighted by Crippen LogP contribution is 2.41. The molecule has 9 aromatic carbocycles. The molecule has 0 N–H and O–H groups in total. The number of fused-ring (bicyclic) bond motifs is 1. The SMILES string of the molecule is Cc1cc(-c2ccccc2)c2nc(-c3ccc(-c4ccc(-c5nnc(-c6ccccc6)o5)cc4)cc3)c(-c3ccc(-c4ccc(-c5nnc(-c6ccccc6)o5)cc4)cc3)nc2c1-c1ccccc1. The van der Waals surface area contributed by atoms with Crippen molar-refractivity contribution in [1.82, 2.24) is 30.4 Å². The average molecular weight is 889 g/mol. The first kappa shape index (κ1) is 41.1. The minimum Gasteiger partial charge on any atom is -0.416 e. The summed E-state index contributed by atoms with van der Waals surface area (Å²) in [5.41, 5.74) is 18.3. The van der Waals surface area contributed by atoms with E-state index in [1.807, 2.05) is 97.1 Å². The summed E-state index contributed by atoms with van der Waals surface area (Å²) in [6.07, 6.45) is 0. The van der Waals surface area contributed by atoms with Gasteiger partial charge >= 0.3 is 0 Å². The van der Waals surface area contributed by atoms with Crippen molar-refractivity contribution in [2.75, 3.05) is 0 Å². The maximum Gasteiger partial charge on any atom is 0.248 e. The monoisotopic (exact) mass is 888 g/mol. The van der Waals surface area contributed by atoms with Crippen LogP contribution in [0.2, 0.25) is 0 Å². The first-order valence-electron chi connectivity index (χ1n) is 22.8. The molecule has 0 aliphatic carbocycles. The minimum atomic E-state index is 0.475. The zero-order chi connectivity index (χ0) is 46.1. The summed E-state index contributed by atoms with van der Waals surface area (Å²) in [5, 5.41) is 17.2. The van der Waals surface area contributed by atoms with E-state index in [4.69, 9.17) is 18.8 Å². The van der Waals surface area contributed by atoms with E-state index in [1.54, 1.807) is 0 Å². The zero-order valence-corrected chi connectivity index (χ0v) is 37.4. The van der Waals surface area contributed by atoms with E-state index in [9.17, 15) is 0 Å². The quantitative estimate of drug-likeness (QED) is 0.134. The second kappa shape index (κ2) is 17.8. The van der Waals surface area contributed by atoms with Crippen LogP contribution in [0.25, 0.3) is 124 Å². The number of benzene rings is 9. The molecule has 8 nitrogen and oxygen atoms in total. The maximum absolute atomic E-state index is 6.04. The van der Waals surface area contributed by atoms with Crippen LogP contribution in [0.15, 0.2) is 233 Å². The van der Waals surface area contributed by atoms with Gasteiger partial charge in [0, 0.05) is 44.5 Å². The fourth-order valence-electron chi connectivity index (χ4n) is 8.88. The molecule has 3 heterocycles. The predicted octanol–water partition coefficient (Wildman–Crippen LogP) is 15.4. The molecule has 12 rings (SSSR count). The zero-order valence-electron chi connectivity index (χ0n) is 37.4. The normalized spacial score (nSPS) is 11.3. The fraction of sp³-hybridized carbons (Fsp3) is 0.0164. The van der Waals surface area contributed by atoms with E-state index in [0.717, 1.165) is 106 Å². The van der Waals surface area contributed by atoms with Crippen LogP contribution in [0, 0.1) is 6.92 Å². The van der Waals surface area contributed by atoms with Crippen LogP contribution in [0.3, 0.4) is 0 Å². The molecule has 0 unspecified atom stereocenters. The molecule has 8 heteroatoms. The second-order valence-electron chi connectivity index (χ2n) is 16.8. The van der Waals surface area contributed by atoms with Gasteiger partial charge in [-0.15, -0.1) is 20.4 Å². The molecule has 3 aromatic heterocycles. The molecule has 0 radical (unpaired) electrons. The molecule has 0 aliphatic rings. The van der Waals surface area contributed by atoms with Gasteiger partial charge in [0.15, 0.2) is 0 Å². The van der Waals surface area contributed by atoms with Crippen molar-refractivity contribution in [3.05, 3.63) is 230 Å². The first-order valence-corrected chi connectivity index (χ1v) is 22.8. The summed E-state index contributed by atoms with van der Waals surface area (Å²) in [6, 6.07) is 76.4. The van der Waals surface area contributed by atoms with Gasteiger partial charge in [0.05, 0.1) is 22.4 Å². The molecule has 0 fully saturated rings. The summed E-state index contributed by atoms with van der Waals surface area (Å²) < 4.78 is 12.1. The van der Waals surface area contributed by atoms with Crippen molar-refractivity contribution in [1.29, 1.82) is 0 Å². The minimum absolute atomic E-state index is 0.475. The van der Waals surface area contributed by atoms with E-state index >= 15 is 0 Å². The number of aryl methyl sites for hydroxylation is 1. The molecule has 0 aliphatic heterocycles. The average Bonchev–Trinajstić information content (AvgIpc) is 4.14. The smallest absolute Gasteiger partial charge is 0.248 e. The van der Waals surface area contributed by atoms with Gasteiger partial charge < -0.3 is 8.83 Å². The van der Waals surface area contributed by atoms with Crippen LogP contribution in [0.1, 0.15) is 5.56 Å². The lowest BCUT2D eigenvalue weighted by Crippen LogP contribution is -2.00. The Labute approximate surface area is 398 Å². The van der Waals surface area contributed by atoms with Crippen LogP contribution in [-0.4, -0.2) is 30.4 Å². The van der Waals surface area contributed by atoms with Crippen molar-refractivity contribution in [2.24, 2.45) is 0 Å². The molecule has 69 heavy (non-hydrogen) atoms.